The lowest BCUT2D eigenvalue weighted by Crippen LogP contribution is -2.20. The van der Waals surface area contributed by atoms with Crippen molar-refractivity contribution in [1.82, 2.24) is 4.98 Å². The first-order chi connectivity index (χ1) is 12.5. The fraction of sp³-hybridized carbons (Fsp3) is 0.300. The number of anilines is 1. The number of benzene rings is 2. The van der Waals surface area contributed by atoms with Gasteiger partial charge in [-0.1, -0.05) is 47.2 Å². The van der Waals surface area contributed by atoms with Crippen LogP contribution in [0.15, 0.2) is 40.9 Å². The number of hydrogen-bond acceptors (Lipinski definition) is 4. The number of nitrogens with zero attached hydrogens (tertiary/aromatic N) is 1. The molecule has 6 heteroatoms. The number of carbonyl (C=O) groups excluding carboxylic acids is 1. The van der Waals surface area contributed by atoms with E-state index in [0.29, 0.717) is 16.8 Å². The fourth-order valence-corrected chi connectivity index (χ4v) is 3.73. The van der Waals surface area contributed by atoms with Crippen LogP contribution in [0.2, 0.25) is 0 Å². The van der Waals surface area contributed by atoms with Crippen LogP contribution >= 0.6 is 27.3 Å². The molecule has 4 nitrogen and oxygen atoms in total. The van der Waals surface area contributed by atoms with Gasteiger partial charge in [-0.15, -0.1) is 0 Å². The second-order valence-electron chi connectivity index (χ2n) is 6.30. The lowest BCUT2D eigenvalue weighted by molar-refractivity contribution is -0.118. The van der Waals surface area contributed by atoms with Crippen LogP contribution in [0.25, 0.3) is 10.2 Å². The smallest absolute Gasteiger partial charge is 0.264 e. The zero-order chi connectivity index (χ0) is 18.7. The second-order valence-corrected chi connectivity index (χ2v) is 8.19. The van der Waals surface area contributed by atoms with Gasteiger partial charge in [0.05, 0.1) is 10.2 Å². The summed E-state index contributed by atoms with van der Waals surface area (Å²) in [6, 6.07) is 11.9. The van der Waals surface area contributed by atoms with Crippen LogP contribution in [-0.2, 0) is 4.79 Å². The summed E-state index contributed by atoms with van der Waals surface area (Å²) in [5, 5.41) is 3.42. The molecule has 0 saturated carbocycles. The molecule has 0 spiro atoms. The van der Waals surface area contributed by atoms with Crippen LogP contribution in [0, 0.1) is 6.92 Å². The quantitative estimate of drug-likeness (QED) is 0.527. The maximum absolute atomic E-state index is 12.2. The molecule has 1 unspecified atom stereocenters. The predicted octanol–water partition coefficient (Wildman–Crippen LogP) is 5.90. The van der Waals surface area contributed by atoms with Crippen molar-refractivity contribution in [2.45, 2.75) is 33.1 Å². The minimum absolute atomic E-state index is 0.0465. The van der Waals surface area contributed by atoms with E-state index in [0.717, 1.165) is 26.7 Å². The Bertz CT molecular complexity index is 939. The molecule has 1 atom stereocenters. The Labute approximate surface area is 165 Å². The minimum atomic E-state index is -0.216. The summed E-state index contributed by atoms with van der Waals surface area (Å²) in [4.78, 5) is 16.6. The number of hydrogen-bond donors (Lipinski definition) is 1. The minimum Gasteiger partial charge on any atom is -0.484 e. The Hall–Kier alpha value is -1.92. The molecular weight excluding hydrogens is 412 g/mol. The van der Waals surface area contributed by atoms with Crippen LogP contribution in [0.3, 0.4) is 0 Å². The number of carbonyl (C=O) groups is 1. The highest BCUT2D eigenvalue weighted by atomic mass is 79.9. The monoisotopic (exact) mass is 432 g/mol. The molecule has 1 amide bonds. The van der Waals surface area contributed by atoms with Crippen molar-refractivity contribution >= 4 is 48.5 Å². The van der Waals surface area contributed by atoms with E-state index in [-0.39, 0.29) is 12.5 Å². The predicted molar refractivity (Wildman–Crippen MR) is 111 cm³/mol. The van der Waals surface area contributed by atoms with E-state index in [2.05, 4.69) is 52.2 Å². The molecule has 2 aromatic carbocycles. The summed E-state index contributed by atoms with van der Waals surface area (Å²) in [5.74, 6) is 0.970. The fourth-order valence-electron chi connectivity index (χ4n) is 2.55. The molecule has 0 saturated heterocycles. The number of halogens is 1. The van der Waals surface area contributed by atoms with E-state index in [9.17, 15) is 4.79 Å². The Morgan fingerprint density at radius 2 is 2.12 bits per heavy atom. The van der Waals surface area contributed by atoms with Crippen molar-refractivity contribution in [2.75, 3.05) is 11.9 Å². The molecule has 136 valence electrons. The summed E-state index contributed by atoms with van der Waals surface area (Å²) in [5.41, 5.74) is 3.27. The van der Waals surface area contributed by atoms with Crippen molar-refractivity contribution in [1.29, 1.82) is 0 Å². The molecule has 1 heterocycles. The highest BCUT2D eigenvalue weighted by Gasteiger charge is 2.11. The third kappa shape index (κ3) is 4.43. The Balaban J connectivity index is 1.64. The van der Waals surface area contributed by atoms with E-state index in [1.165, 1.54) is 16.9 Å². The first-order valence-corrected chi connectivity index (χ1v) is 10.2. The van der Waals surface area contributed by atoms with Gasteiger partial charge in [-0.2, -0.15) is 0 Å². The zero-order valence-corrected chi connectivity index (χ0v) is 17.4. The molecule has 0 bridgehead atoms. The number of fused-ring (bicyclic) bond motifs is 1. The van der Waals surface area contributed by atoms with Crippen LogP contribution in [0.4, 0.5) is 5.13 Å². The SMILES string of the molecule is CCC(C)c1ccc2nc(NC(=O)COc3ccc(Br)c(C)c3)sc2c1. The maximum atomic E-state index is 12.2. The molecule has 3 rings (SSSR count). The third-order valence-electron chi connectivity index (χ3n) is 4.34. The molecule has 1 N–H and O–H groups in total. The van der Waals surface area contributed by atoms with Gasteiger partial charge in [-0.3, -0.25) is 10.1 Å². The first-order valence-electron chi connectivity index (χ1n) is 8.55. The van der Waals surface area contributed by atoms with Crippen molar-refractivity contribution in [2.24, 2.45) is 0 Å². The van der Waals surface area contributed by atoms with Gasteiger partial charge in [-0.25, -0.2) is 4.98 Å². The average molecular weight is 433 g/mol. The lowest BCUT2D eigenvalue weighted by atomic mass is 9.99. The summed E-state index contributed by atoms with van der Waals surface area (Å²) in [6.45, 7) is 6.33. The maximum Gasteiger partial charge on any atom is 0.264 e. The van der Waals surface area contributed by atoms with Crippen LogP contribution in [0.5, 0.6) is 5.75 Å². The Morgan fingerprint density at radius 1 is 1.31 bits per heavy atom. The van der Waals surface area contributed by atoms with Crippen LogP contribution < -0.4 is 10.1 Å². The second kappa shape index (κ2) is 8.18. The zero-order valence-electron chi connectivity index (χ0n) is 15.0. The largest absolute Gasteiger partial charge is 0.484 e. The van der Waals surface area contributed by atoms with E-state index >= 15 is 0 Å². The molecular formula is C20H21BrN2O2S. The molecule has 0 aliphatic carbocycles. The van der Waals surface area contributed by atoms with E-state index in [4.69, 9.17) is 4.74 Å². The Morgan fingerprint density at radius 3 is 2.85 bits per heavy atom. The summed E-state index contributed by atoms with van der Waals surface area (Å²) >= 11 is 4.94. The Kier molecular flexibility index (Phi) is 5.94. The van der Waals surface area contributed by atoms with Crippen molar-refractivity contribution < 1.29 is 9.53 Å². The molecule has 0 radical (unpaired) electrons. The molecule has 0 aliphatic heterocycles. The summed E-state index contributed by atoms with van der Waals surface area (Å²) in [6.07, 6.45) is 1.10. The number of amides is 1. The standard InChI is InChI=1S/C20H21BrN2O2S/c1-4-12(2)14-5-8-17-18(10-14)26-20(22-17)23-19(24)11-25-15-6-7-16(21)13(3)9-15/h5-10,12H,4,11H2,1-3H3,(H,22,23,24). The normalized spacial score (nSPS) is 12.2. The first kappa shape index (κ1) is 18.9. The number of thiazole rings is 1. The van der Waals surface area contributed by atoms with Crippen molar-refractivity contribution in [3.63, 3.8) is 0 Å². The molecule has 26 heavy (non-hydrogen) atoms. The van der Waals surface area contributed by atoms with Crippen molar-refractivity contribution in [3.8, 4) is 5.75 Å². The van der Waals surface area contributed by atoms with Gasteiger partial charge >= 0.3 is 0 Å². The number of ether oxygens (including phenoxy) is 1. The third-order valence-corrected chi connectivity index (χ3v) is 6.16. The highest BCUT2D eigenvalue weighted by molar-refractivity contribution is 9.10. The van der Waals surface area contributed by atoms with E-state index in [1.54, 1.807) is 0 Å². The van der Waals surface area contributed by atoms with Crippen LogP contribution in [0.1, 0.15) is 37.3 Å². The van der Waals surface area contributed by atoms with Gasteiger partial charge in [0.2, 0.25) is 0 Å². The number of nitrogens with one attached hydrogen (secondary N) is 1. The van der Waals surface area contributed by atoms with Gasteiger partial charge in [0, 0.05) is 4.47 Å². The van der Waals surface area contributed by atoms with Gasteiger partial charge in [-0.05, 0) is 60.7 Å². The van der Waals surface area contributed by atoms with E-state index < -0.39 is 0 Å². The molecule has 0 fully saturated rings. The van der Waals surface area contributed by atoms with Crippen molar-refractivity contribution in [3.05, 3.63) is 52.0 Å². The number of rotatable bonds is 6. The van der Waals surface area contributed by atoms with Crippen LogP contribution in [-0.4, -0.2) is 17.5 Å². The lowest BCUT2D eigenvalue weighted by Gasteiger charge is -2.07. The van der Waals surface area contributed by atoms with Gasteiger partial charge in [0.1, 0.15) is 5.75 Å². The van der Waals surface area contributed by atoms with Gasteiger partial charge in [0.15, 0.2) is 11.7 Å². The molecule has 1 aromatic heterocycles. The molecule has 3 aromatic rings. The topological polar surface area (TPSA) is 51.2 Å². The summed E-state index contributed by atoms with van der Waals surface area (Å²) < 4.78 is 7.66. The van der Waals surface area contributed by atoms with E-state index in [1.807, 2.05) is 31.2 Å². The highest BCUT2D eigenvalue weighted by Crippen LogP contribution is 2.30. The number of aryl methyl sites for hydroxylation is 1. The van der Waals surface area contributed by atoms with Gasteiger partial charge < -0.3 is 4.74 Å². The molecule has 0 aliphatic rings. The van der Waals surface area contributed by atoms with Gasteiger partial charge in [0.25, 0.3) is 5.91 Å². The summed E-state index contributed by atoms with van der Waals surface area (Å²) in [7, 11) is 0. The average Bonchev–Trinajstić information content (AvgIpc) is 3.03. The number of aromatic nitrogens is 1.